The normalized spacial score (nSPS) is 10.3. The number of nitrogens with two attached hydrogens (primary N) is 1. The molecular weight excluding hydrogens is 309 g/mol. The standard InChI is InChI=1S/C18H20FN3O2/c1-12-5-2-3-6-14(12)18(24)22-15-9-8-13(19)11-16(15)21-17(23)7-4-10-20/h2-3,5-6,8-9,11H,4,7,10,20H2,1H3,(H,21,23)(H,22,24). The van der Waals surface area contributed by atoms with E-state index >= 15 is 0 Å². The van der Waals surface area contributed by atoms with E-state index in [0.29, 0.717) is 24.2 Å². The second-order valence-electron chi connectivity index (χ2n) is 5.40. The van der Waals surface area contributed by atoms with Gasteiger partial charge in [0.2, 0.25) is 5.91 Å². The first-order valence-corrected chi connectivity index (χ1v) is 7.67. The Morgan fingerprint density at radius 3 is 2.54 bits per heavy atom. The van der Waals surface area contributed by atoms with E-state index in [2.05, 4.69) is 10.6 Å². The number of nitrogens with one attached hydrogen (secondary N) is 2. The fraction of sp³-hybridized carbons (Fsp3) is 0.222. The van der Waals surface area contributed by atoms with Crippen molar-refractivity contribution in [3.05, 3.63) is 59.4 Å². The van der Waals surface area contributed by atoms with Gasteiger partial charge in [-0.05, 0) is 49.7 Å². The van der Waals surface area contributed by atoms with Gasteiger partial charge in [-0.3, -0.25) is 9.59 Å². The minimum absolute atomic E-state index is 0.221. The summed E-state index contributed by atoms with van der Waals surface area (Å²) in [7, 11) is 0. The minimum Gasteiger partial charge on any atom is -0.330 e. The van der Waals surface area contributed by atoms with E-state index in [4.69, 9.17) is 5.73 Å². The van der Waals surface area contributed by atoms with Gasteiger partial charge in [0.1, 0.15) is 5.82 Å². The van der Waals surface area contributed by atoms with Crippen molar-refractivity contribution < 1.29 is 14.0 Å². The molecule has 126 valence electrons. The molecule has 0 aliphatic carbocycles. The lowest BCUT2D eigenvalue weighted by molar-refractivity contribution is -0.116. The Morgan fingerprint density at radius 1 is 1.08 bits per heavy atom. The number of hydrogen-bond acceptors (Lipinski definition) is 3. The average Bonchev–Trinajstić information content (AvgIpc) is 2.55. The van der Waals surface area contributed by atoms with E-state index in [1.165, 1.54) is 18.2 Å². The van der Waals surface area contributed by atoms with Crippen molar-refractivity contribution in [1.29, 1.82) is 0 Å². The fourth-order valence-corrected chi connectivity index (χ4v) is 2.22. The van der Waals surface area contributed by atoms with Crippen LogP contribution in [0.3, 0.4) is 0 Å². The number of carbonyl (C=O) groups is 2. The smallest absolute Gasteiger partial charge is 0.255 e. The van der Waals surface area contributed by atoms with Crippen LogP contribution in [0.25, 0.3) is 0 Å². The van der Waals surface area contributed by atoms with Crippen molar-refractivity contribution in [2.24, 2.45) is 5.73 Å². The van der Waals surface area contributed by atoms with E-state index in [-0.39, 0.29) is 23.9 Å². The van der Waals surface area contributed by atoms with Gasteiger partial charge in [0.25, 0.3) is 5.91 Å². The van der Waals surface area contributed by atoms with Crippen LogP contribution in [0.5, 0.6) is 0 Å². The van der Waals surface area contributed by atoms with Crippen molar-refractivity contribution in [3.63, 3.8) is 0 Å². The van der Waals surface area contributed by atoms with Crippen molar-refractivity contribution in [2.45, 2.75) is 19.8 Å². The highest BCUT2D eigenvalue weighted by Crippen LogP contribution is 2.24. The summed E-state index contributed by atoms with van der Waals surface area (Å²) in [6.07, 6.45) is 0.768. The number of hydrogen-bond donors (Lipinski definition) is 3. The highest BCUT2D eigenvalue weighted by molar-refractivity contribution is 6.08. The molecule has 2 aromatic rings. The third kappa shape index (κ3) is 4.63. The number of carbonyl (C=O) groups excluding carboxylic acids is 2. The Morgan fingerprint density at radius 2 is 1.83 bits per heavy atom. The maximum atomic E-state index is 13.5. The van der Waals surface area contributed by atoms with Gasteiger partial charge in [0.05, 0.1) is 11.4 Å². The van der Waals surface area contributed by atoms with Crippen LogP contribution in [0.4, 0.5) is 15.8 Å². The largest absolute Gasteiger partial charge is 0.330 e. The van der Waals surface area contributed by atoms with Crippen LogP contribution >= 0.6 is 0 Å². The Labute approximate surface area is 140 Å². The molecule has 5 nitrogen and oxygen atoms in total. The van der Waals surface area contributed by atoms with E-state index in [9.17, 15) is 14.0 Å². The predicted octanol–water partition coefficient (Wildman–Crippen LogP) is 3.06. The Kier molecular flexibility index (Phi) is 6.03. The molecule has 2 rings (SSSR count). The zero-order valence-electron chi connectivity index (χ0n) is 13.4. The lowest BCUT2D eigenvalue weighted by atomic mass is 10.1. The van der Waals surface area contributed by atoms with Crippen molar-refractivity contribution in [1.82, 2.24) is 0 Å². The molecule has 6 heteroatoms. The lowest BCUT2D eigenvalue weighted by Crippen LogP contribution is -2.18. The molecule has 0 saturated carbocycles. The van der Waals surface area contributed by atoms with Gasteiger partial charge < -0.3 is 16.4 Å². The van der Waals surface area contributed by atoms with Crippen LogP contribution in [0.1, 0.15) is 28.8 Å². The molecule has 0 heterocycles. The van der Waals surface area contributed by atoms with E-state index in [0.717, 1.165) is 5.56 Å². The minimum atomic E-state index is -0.502. The van der Waals surface area contributed by atoms with Crippen LogP contribution < -0.4 is 16.4 Å². The van der Waals surface area contributed by atoms with Gasteiger partial charge >= 0.3 is 0 Å². The van der Waals surface area contributed by atoms with Crippen LogP contribution in [-0.2, 0) is 4.79 Å². The molecule has 0 aromatic heterocycles. The summed E-state index contributed by atoms with van der Waals surface area (Å²) in [5.74, 6) is -1.10. The average molecular weight is 329 g/mol. The summed E-state index contributed by atoms with van der Waals surface area (Å²) in [4.78, 5) is 24.2. The SMILES string of the molecule is Cc1ccccc1C(=O)Nc1ccc(F)cc1NC(=O)CCCN. The Bertz CT molecular complexity index is 747. The topological polar surface area (TPSA) is 84.2 Å². The third-order valence-electron chi connectivity index (χ3n) is 3.50. The van der Waals surface area contributed by atoms with Gasteiger partial charge in [0, 0.05) is 12.0 Å². The maximum Gasteiger partial charge on any atom is 0.255 e. The van der Waals surface area contributed by atoms with Crippen LogP contribution in [0.15, 0.2) is 42.5 Å². The van der Waals surface area contributed by atoms with Crippen molar-refractivity contribution >= 4 is 23.2 Å². The summed E-state index contributed by atoms with van der Waals surface area (Å²) in [6.45, 7) is 2.22. The molecule has 0 atom stereocenters. The highest BCUT2D eigenvalue weighted by Gasteiger charge is 2.13. The Hall–Kier alpha value is -2.73. The molecule has 4 N–H and O–H groups in total. The first-order valence-electron chi connectivity index (χ1n) is 7.67. The molecular formula is C18H20FN3O2. The van der Waals surface area contributed by atoms with Crippen LogP contribution in [0, 0.1) is 12.7 Å². The summed E-state index contributed by atoms with van der Waals surface area (Å²) >= 11 is 0. The molecule has 0 fully saturated rings. The molecule has 0 spiro atoms. The van der Waals surface area contributed by atoms with Gasteiger partial charge in [0.15, 0.2) is 0 Å². The fourth-order valence-electron chi connectivity index (χ4n) is 2.22. The number of amides is 2. The number of benzene rings is 2. The van der Waals surface area contributed by atoms with Crippen molar-refractivity contribution in [2.75, 3.05) is 17.2 Å². The molecule has 0 bridgehead atoms. The monoisotopic (exact) mass is 329 g/mol. The number of halogens is 1. The predicted molar refractivity (Wildman–Crippen MR) is 92.5 cm³/mol. The van der Waals surface area contributed by atoms with Crippen LogP contribution in [0.2, 0.25) is 0 Å². The van der Waals surface area contributed by atoms with Crippen molar-refractivity contribution in [3.8, 4) is 0 Å². The van der Waals surface area contributed by atoms with Gasteiger partial charge in [-0.25, -0.2) is 4.39 Å². The zero-order valence-corrected chi connectivity index (χ0v) is 13.4. The van der Waals surface area contributed by atoms with Gasteiger partial charge in [-0.1, -0.05) is 18.2 Å². The van der Waals surface area contributed by atoms with Crippen LogP contribution in [-0.4, -0.2) is 18.4 Å². The molecule has 0 saturated heterocycles. The molecule has 24 heavy (non-hydrogen) atoms. The number of rotatable bonds is 6. The number of anilines is 2. The highest BCUT2D eigenvalue weighted by atomic mass is 19.1. The molecule has 2 amide bonds. The molecule has 2 aromatic carbocycles. The van der Waals surface area contributed by atoms with E-state index in [1.54, 1.807) is 12.1 Å². The summed E-state index contributed by atoms with van der Waals surface area (Å²) in [5, 5.41) is 5.32. The Balaban J connectivity index is 2.19. The zero-order chi connectivity index (χ0) is 17.5. The molecule has 0 radical (unpaired) electrons. The van der Waals surface area contributed by atoms with E-state index in [1.807, 2.05) is 19.1 Å². The second-order valence-corrected chi connectivity index (χ2v) is 5.40. The second kappa shape index (κ2) is 8.21. The van der Waals surface area contributed by atoms with E-state index < -0.39 is 5.82 Å². The quantitative estimate of drug-likeness (QED) is 0.761. The maximum absolute atomic E-state index is 13.5. The third-order valence-corrected chi connectivity index (χ3v) is 3.50. The van der Waals surface area contributed by atoms with Gasteiger partial charge in [-0.2, -0.15) is 0 Å². The summed E-state index contributed by atoms with van der Waals surface area (Å²) < 4.78 is 13.5. The summed E-state index contributed by atoms with van der Waals surface area (Å²) in [5.41, 5.74) is 7.27. The summed E-state index contributed by atoms with van der Waals surface area (Å²) in [6, 6.07) is 11.0. The molecule has 0 aliphatic rings. The van der Waals surface area contributed by atoms with Gasteiger partial charge in [-0.15, -0.1) is 0 Å². The molecule has 0 aliphatic heterocycles. The first-order chi connectivity index (χ1) is 11.5. The molecule has 0 unspecified atom stereocenters. The number of aryl methyl sites for hydroxylation is 1. The first kappa shape index (κ1) is 17.6. The lowest BCUT2D eigenvalue weighted by Gasteiger charge is -2.13.